The summed E-state index contributed by atoms with van der Waals surface area (Å²) in [7, 11) is 0. The lowest BCUT2D eigenvalue weighted by molar-refractivity contribution is -0.142. The molecule has 1 saturated heterocycles. The lowest BCUT2D eigenvalue weighted by Crippen LogP contribution is -2.56. The number of nitrogens with zero attached hydrogens (tertiary/aromatic N) is 4. The smallest absolute Gasteiger partial charge is 0.393 e. The first-order chi connectivity index (χ1) is 15.5. The molecule has 1 N–H and O–H groups in total. The van der Waals surface area contributed by atoms with Crippen LogP contribution in [0.4, 0.5) is 13.2 Å². The van der Waals surface area contributed by atoms with Crippen molar-refractivity contribution in [2.75, 3.05) is 19.6 Å². The number of halogens is 4. The number of fused-ring (bicyclic) bond motifs is 1. The van der Waals surface area contributed by atoms with Crippen LogP contribution >= 0.6 is 11.6 Å². The van der Waals surface area contributed by atoms with Crippen molar-refractivity contribution in [2.45, 2.75) is 50.9 Å². The standard InChI is InChI=1S/C21H22ClF3N4O4/c1-11(30)12-8-15-18(22)19(26-29(15)16(9-12)21(23,24)25)20(33)27-6-7-28(17(32)10-27)13-2-4-14(31)5-3-13/h8-9,13-14,31H,2-7,10H2,1H3. The number of amides is 2. The number of rotatable bonds is 3. The second-order valence-electron chi connectivity index (χ2n) is 8.42. The number of hydrogen-bond donors (Lipinski definition) is 1. The van der Waals surface area contributed by atoms with Gasteiger partial charge in [0.25, 0.3) is 5.91 Å². The van der Waals surface area contributed by atoms with E-state index < -0.39 is 29.3 Å². The molecule has 0 radical (unpaired) electrons. The fourth-order valence-corrected chi connectivity index (χ4v) is 4.68. The first kappa shape index (κ1) is 23.5. The van der Waals surface area contributed by atoms with Gasteiger partial charge in [-0.2, -0.15) is 18.3 Å². The van der Waals surface area contributed by atoms with E-state index in [-0.39, 0.29) is 53.8 Å². The first-order valence-electron chi connectivity index (χ1n) is 10.5. The maximum absolute atomic E-state index is 13.6. The molecule has 1 saturated carbocycles. The van der Waals surface area contributed by atoms with Gasteiger partial charge in [0, 0.05) is 24.7 Å². The van der Waals surface area contributed by atoms with Crippen LogP contribution in [0.1, 0.15) is 59.1 Å². The normalized spacial score (nSPS) is 22.2. The zero-order valence-electron chi connectivity index (χ0n) is 17.7. The summed E-state index contributed by atoms with van der Waals surface area (Å²) in [5.74, 6) is -1.62. The van der Waals surface area contributed by atoms with E-state index in [1.807, 2.05) is 0 Å². The molecule has 0 unspecified atom stereocenters. The van der Waals surface area contributed by atoms with E-state index in [4.69, 9.17) is 11.6 Å². The van der Waals surface area contributed by atoms with Gasteiger partial charge in [0.15, 0.2) is 11.5 Å². The SMILES string of the molecule is CC(=O)c1cc(C(F)(F)F)n2nc(C(=O)N3CCN(C4CCC(O)CC4)C(=O)C3)c(Cl)c2c1. The molecular weight excluding hydrogens is 465 g/mol. The minimum atomic E-state index is -4.84. The van der Waals surface area contributed by atoms with Crippen molar-refractivity contribution >= 4 is 34.7 Å². The topological polar surface area (TPSA) is 95.2 Å². The van der Waals surface area contributed by atoms with Gasteiger partial charge in [-0.3, -0.25) is 14.4 Å². The summed E-state index contributed by atoms with van der Waals surface area (Å²) in [5.41, 5.74) is -2.07. The fraction of sp³-hybridized carbons (Fsp3) is 0.524. The highest BCUT2D eigenvalue weighted by molar-refractivity contribution is 6.37. The molecule has 12 heteroatoms. The molecule has 2 aromatic rings. The Morgan fingerprint density at radius 1 is 1.15 bits per heavy atom. The highest BCUT2D eigenvalue weighted by Gasteiger charge is 2.38. The number of pyridine rings is 1. The molecule has 0 bridgehead atoms. The van der Waals surface area contributed by atoms with Gasteiger partial charge in [-0.25, -0.2) is 4.52 Å². The van der Waals surface area contributed by atoms with Crippen LogP contribution in [0.5, 0.6) is 0 Å². The molecule has 3 heterocycles. The highest BCUT2D eigenvalue weighted by Crippen LogP contribution is 2.34. The fourth-order valence-electron chi connectivity index (χ4n) is 4.42. The van der Waals surface area contributed by atoms with Crippen molar-refractivity contribution in [3.05, 3.63) is 34.1 Å². The first-order valence-corrected chi connectivity index (χ1v) is 10.9. The Kier molecular flexibility index (Phi) is 6.12. The molecule has 0 spiro atoms. The van der Waals surface area contributed by atoms with E-state index in [0.29, 0.717) is 36.3 Å². The Morgan fingerprint density at radius 3 is 2.39 bits per heavy atom. The van der Waals surface area contributed by atoms with Gasteiger partial charge in [0.2, 0.25) is 5.91 Å². The second kappa shape index (κ2) is 8.60. The number of carbonyl (C=O) groups is 3. The molecule has 2 aromatic heterocycles. The Morgan fingerprint density at radius 2 is 1.82 bits per heavy atom. The van der Waals surface area contributed by atoms with Crippen LogP contribution in [0.25, 0.3) is 5.52 Å². The van der Waals surface area contributed by atoms with E-state index >= 15 is 0 Å². The predicted octanol–water partition coefficient (Wildman–Crippen LogP) is 2.80. The van der Waals surface area contributed by atoms with Crippen LogP contribution in [0, 0.1) is 0 Å². The molecule has 1 aliphatic carbocycles. The third-order valence-electron chi connectivity index (χ3n) is 6.22. The molecule has 8 nitrogen and oxygen atoms in total. The average molecular weight is 487 g/mol. The zero-order valence-corrected chi connectivity index (χ0v) is 18.5. The summed E-state index contributed by atoms with van der Waals surface area (Å²) in [5, 5.41) is 13.2. The summed E-state index contributed by atoms with van der Waals surface area (Å²) in [6, 6.07) is 1.82. The van der Waals surface area contributed by atoms with Crippen molar-refractivity contribution in [3.63, 3.8) is 0 Å². The minimum absolute atomic E-state index is 0.00344. The lowest BCUT2D eigenvalue weighted by atomic mass is 9.91. The van der Waals surface area contributed by atoms with Gasteiger partial charge in [0.1, 0.15) is 12.2 Å². The molecule has 0 aromatic carbocycles. The Bertz CT molecular complexity index is 1120. The number of aliphatic hydroxyl groups is 1. The molecule has 2 aliphatic rings. The number of hydrogen-bond acceptors (Lipinski definition) is 5. The van der Waals surface area contributed by atoms with Crippen LogP contribution in [0.15, 0.2) is 12.1 Å². The van der Waals surface area contributed by atoms with Crippen molar-refractivity contribution in [3.8, 4) is 0 Å². The van der Waals surface area contributed by atoms with Gasteiger partial charge >= 0.3 is 6.18 Å². The Hall–Kier alpha value is -2.66. The molecule has 33 heavy (non-hydrogen) atoms. The van der Waals surface area contributed by atoms with Crippen LogP contribution in [0.3, 0.4) is 0 Å². The Labute approximate surface area is 191 Å². The maximum Gasteiger partial charge on any atom is 0.433 e. The van der Waals surface area contributed by atoms with Crippen LogP contribution in [-0.4, -0.2) is 73.9 Å². The lowest BCUT2D eigenvalue weighted by Gasteiger charge is -2.41. The van der Waals surface area contributed by atoms with E-state index in [1.54, 1.807) is 4.90 Å². The summed E-state index contributed by atoms with van der Waals surface area (Å²) in [4.78, 5) is 40.4. The van der Waals surface area contributed by atoms with Crippen molar-refractivity contribution in [1.82, 2.24) is 19.4 Å². The maximum atomic E-state index is 13.6. The van der Waals surface area contributed by atoms with Gasteiger partial charge in [0.05, 0.1) is 16.6 Å². The molecule has 178 valence electrons. The van der Waals surface area contributed by atoms with Gasteiger partial charge < -0.3 is 14.9 Å². The summed E-state index contributed by atoms with van der Waals surface area (Å²) in [6.07, 6.45) is -2.62. The number of carbonyl (C=O) groups excluding carboxylic acids is 3. The van der Waals surface area contributed by atoms with Crippen molar-refractivity contribution in [2.24, 2.45) is 0 Å². The second-order valence-corrected chi connectivity index (χ2v) is 8.80. The zero-order chi connectivity index (χ0) is 24.1. The quantitative estimate of drug-likeness (QED) is 0.673. The number of Topliss-reactive ketones (excluding diaryl/α,β-unsaturated/α-hetero) is 1. The van der Waals surface area contributed by atoms with E-state index in [9.17, 15) is 32.7 Å². The number of aliphatic hydroxyl groups excluding tert-OH is 1. The number of alkyl halides is 3. The summed E-state index contributed by atoms with van der Waals surface area (Å²) in [6.45, 7) is 1.34. The van der Waals surface area contributed by atoms with E-state index in [2.05, 4.69) is 5.10 Å². The van der Waals surface area contributed by atoms with Gasteiger partial charge in [-0.1, -0.05) is 11.6 Å². The van der Waals surface area contributed by atoms with E-state index in [0.717, 1.165) is 13.0 Å². The highest BCUT2D eigenvalue weighted by atomic mass is 35.5. The number of ketones is 1. The van der Waals surface area contributed by atoms with Crippen LogP contribution in [0.2, 0.25) is 5.02 Å². The molecule has 1 aliphatic heterocycles. The van der Waals surface area contributed by atoms with E-state index in [1.165, 1.54) is 4.90 Å². The number of piperazine rings is 1. The minimum Gasteiger partial charge on any atom is -0.393 e. The summed E-state index contributed by atoms with van der Waals surface area (Å²) < 4.78 is 41.2. The monoisotopic (exact) mass is 486 g/mol. The van der Waals surface area contributed by atoms with Crippen LogP contribution in [-0.2, 0) is 11.0 Å². The van der Waals surface area contributed by atoms with Gasteiger partial charge in [-0.15, -0.1) is 0 Å². The third-order valence-corrected chi connectivity index (χ3v) is 6.60. The van der Waals surface area contributed by atoms with Crippen LogP contribution < -0.4 is 0 Å². The van der Waals surface area contributed by atoms with Crippen molar-refractivity contribution in [1.29, 1.82) is 0 Å². The molecule has 0 atom stereocenters. The largest absolute Gasteiger partial charge is 0.433 e. The van der Waals surface area contributed by atoms with Crippen molar-refractivity contribution < 1.29 is 32.7 Å². The molecule has 2 fully saturated rings. The summed E-state index contributed by atoms with van der Waals surface area (Å²) >= 11 is 6.24. The predicted molar refractivity (Wildman–Crippen MR) is 111 cm³/mol. The molecule has 2 amide bonds. The molecule has 4 rings (SSSR count). The number of aromatic nitrogens is 2. The Balaban J connectivity index is 1.61. The van der Waals surface area contributed by atoms with Gasteiger partial charge in [-0.05, 0) is 44.7 Å². The molecular formula is C21H22ClF3N4O4. The average Bonchev–Trinajstić information content (AvgIpc) is 3.09. The third kappa shape index (κ3) is 4.43.